The number of aryl methyl sites for hydroxylation is 2. The number of anilines is 2. The van der Waals surface area contributed by atoms with Crippen molar-refractivity contribution in [2.24, 2.45) is 0 Å². The average Bonchev–Trinajstić information content (AvgIpc) is 3.13. The summed E-state index contributed by atoms with van der Waals surface area (Å²) < 4.78 is 29.7. The number of hydrogen-bond donors (Lipinski definition) is 1. The van der Waals surface area contributed by atoms with E-state index in [1.54, 1.807) is 24.3 Å². The first-order chi connectivity index (χ1) is 15.5. The molecule has 2 aromatic carbocycles. The molecular weight excluding hydrogens is 422 g/mol. The molecule has 0 saturated heterocycles. The van der Waals surface area contributed by atoms with Crippen molar-refractivity contribution in [1.82, 2.24) is 14.5 Å². The Hall–Kier alpha value is -3.39. The summed E-state index contributed by atoms with van der Waals surface area (Å²) >= 11 is 0. The van der Waals surface area contributed by atoms with Gasteiger partial charge in [-0.1, -0.05) is 30.3 Å². The van der Waals surface area contributed by atoms with Crippen molar-refractivity contribution in [3.63, 3.8) is 0 Å². The molecule has 1 N–H and O–H groups in total. The lowest BCUT2D eigenvalue weighted by molar-refractivity contribution is 0.591. The van der Waals surface area contributed by atoms with Crippen LogP contribution < -0.4 is 9.62 Å². The Balaban J connectivity index is 1.38. The molecule has 0 fully saturated rings. The zero-order valence-corrected chi connectivity index (χ0v) is 19.1. The normalized spacial score (nSPS) is 11.6. The third kappa shape index (κ3) is 4.45. The maximum Gasteiger partial charge on any atom is 0.265 e. The van der Waals surface area contributed by atoms with Crippen LogP contribution in [0.5, 0.6) is 0 Å². The first-order valence-electron chi connectivity index (χ1n) is 10.7. The SMILES string of the molecule is CCN(c1ccccc1)S(=O)(=O)c1ccc(NCCCn2c(C)nc3ccccc32)nc1. The third-order valence-corrected chi connectivity index (χ3v) is 7.25. The lowest BCUT2D eigenvalue weighted by Crippen LogP contribution is -2.30. The molecule has 8 heteroatoms. The van der Waals surface area contributed by atoms with Crippen LogP contribution in [0.4, 0.5) is 11.5 Å². The molecule has 0 aliphatic carbocycles. The molecule has 2 aromatic heterocycles. The summed E-state index contributed by atoms with van der Waals surface area (Å²) in [6.45, 7) is 5.74. The lowest BCUT2D eigenvalue weighted by Gasteiger charge is -2.22. The Morgan fingerprint density at radius 2 is 1.75 bits per heavy atom. The second-order valence-electron chi connectivity index (χ2n) is 7.46. The number of nitrogens with one attached hydrogen (secondary N) is 1. The fraction of sp³-hybridized carbons (Fsp3) is 0.250. The standard InChI is InChI=1S/C24H27N5O2S/c1-3-29(20-10-5-4-6-11-20)32(30,31)21-14-15-24(26-18-21)25-16-9-17-28-19(2)27-22-12-7-8-13-23(22)28/h4-8,10-15,18H,3,9,16-17H2,1-2H3,(H,25,26). The van der Waals surface area contributed by atoms with E-state index >= 15 is 0 Å². The Morgan fingerprint density at radius 1 is 1.00 bits per heavy atom. The largest absolute Gasteiger partial charge is 0.370 e. The van der Waals surface area contributed by atoms with Crippen molar-refractivity contribution in [2.45, 2.75) is 31.7 Å². The molecule has 0 radical (unpaired) electrons. The van der Waals surface area contributed by atoms with Crippen LogP contribution in [0.25, 0.3) is 11.0 Å². The number of fused-ring (bicyclic) bond motifs is 1. The Morgan fingerprint density at radius 3 is 2.47 bits per heavy atom. The molecule has 0 aliphatic rings. The quantitative estimate of drug-likeness (QED) is 0.382. The molecular formula is C24H27N5O2S. The molecule has 0 aliphatic heterocycles. The van der Waals surface area contributed by atoms with E-state index in [1.165, 1.54) is 10.5 Å². The minimum absolute atomic E-state index is 0.175. The lowest BCUT2D eigenvalue weighted by atomic mass is 10.3. The van der Waals surface area contributed by atoms with Gasteiger partial charge in [-0.25, -0.2) is 18.4 Å². The second-order valence-corrected chi connectivity index (χ2v) is 9.33. The highest BCUT2D eigenvalue weighted by Gasteiger charge is 2.23. The molecule has 0 bridgehead atoms. The Kier molecular flexibility index (Phi) is 6.41. The van der Waals surface area contributed by atoms with E-state index in [2.05, 4.69) is 25.9 Å². The van der Waals surface area contributed by atoms with Gasteiger partial charge in [-0.15, -0.1) is 0 Å². The van der Waals surface area contributed by atoms with Crippen molar-refractivity contribution >= 4 is 32.6 Å². The predicted molar refractivity (Wildman–Crippen MR) is 128 cm³/mol. The summed E-state index contributed by atoms with van der Waals surface area (Å²) in [6.07, 6.45) is 2.30. The summed E-state index contributed by atoms with van der Waals surface area (Å²) in [5.41, 5.74) is 2.78. The summed E-state index contributed by atoms with van der Waals surface area (Å²) in [5.74, 6) is 1.65. The van der Waals surface area contributed by atoms with Crippen LogP contribution in [0.2, 0.25) is 0 Å². The Bertz CT molecular complexity index is 1290. The first-order valence-corrected chi connectivity index (χ1v) is 12.1. The molecule has 166 valence electrons. The van der Waals surface area contributed by atoms with Gasteiger partial charge in [-0.3, -0.25) is 4.31 Å². The zero-order valence-electron chi connectivity index (χ0n) is 18.3. The minimum Gasteiger partial charge on any atom is -0.370 e. The summed E-state index contributed by atoms with van der Waals surface area (Å²) in [4.78, 5) is 9.09. The van der Waals surface area contributed by atoms with Crippen molar-refractivity contribution in [3.8, 4) is 0 Å². The number of aromatic nitrogens is 3. The third-order valence-electron chi connectivity index (χ3n) is 5.37. The number of hydrogen-bond acceptors (Lipinski definition) is 5. The van der Waals surface area contributed by atoms with Gasteiger partial charge in [-0.2, -0.15) is 0 Å². The number of pyridine rings is 1. The number of rotatable bonds is 9. The molecule has 0 amide bonds. The average molecular weight is 450 g/mol. The highest BCUT2D eigenvalue weighted by molar-refractivity contribution is 7.92. The second kappa shape index (κ2) is 9.40. The monoisotopic (exact) mass is 449 g/mol. The molecule has 7 nitrogen and oxygen atoms in total. The smallest absolute Gasteiger partial charge is 0.265 e. The van der Waals surface area contributed by atoms with Crippen molar-refractivity contribution in [1.29, 1.82) is 0 Å². The molecule has 2 heterocycles. The summed E-state index contributed by atoms with van der Waals surface area (Å²) in [7, 11) is -3.67. The van der Waals surface area contributed by atoms with Crippen LogP contribution in [-0.2, 0) is 16.6 Å². The minimum atomic E-state index is -3.67. The van der Waals surface area contributed by atoms with Crippen LogP contribution in [-0.4, -0.2) is 36.0 Å². The van der Waals surface area contributed by atoms with Crippen LogP contribution in [0.1, 0.15) is 19.2 Å². The van der Waals surface area contributed by atoms with Crippen LogP contribution in [0, 0.1) is 6.92 Å². The van der Waals surface area contributed by atoms with Crippen LogP contribution in [0.15, 0.2) is 77.8 Å². The maximum atomic E-state index is 13.1. The fourth-order valence-corrected chi connectivity index (χ4v) is 5.20. The van der Waals surface area contributed by atoms with E-state index in [0.29, 0.717) is 18.1 Å². The molecule has 0 spiro atoms. The van der Waals surface area contributed by atoms with Crippen molar-refractivity contribution in [2.75, 3.05) is 22.7 Å². The van der Waals surface area contributed by atoms with Gasteiger partial charge in [0.1, 0.15) is 16.5 Å². The van der Waals surface area contributed by atoms with E-state index in [4.69, 9.17) is 0 Å². The Labute approximate surface area is 188 Å². The number of sulfonamides is 1. The van der Waals surface area contributed by atoms with Gasteiger partial charge < -0.3 is 9.88 Å². The highest BCUT2D eigenvalue weighted by Crippen LogP contribution is 2.23. The molecule has 0 unspecified atom stereocenters. The molecule has 32 heavy (non-hydrogen) atoms. The van der Waals surface area contributed by atoms with Gasteiger partial charge in [0.2, 0.25) is 0 Å². The van der Waals surface area contributed by atoms with Gasteiger partial charge in [0.05, 0.1) is 16.7 Å². The van der Waals surface area contributed by atoms with Gasteiger partial charge in [0, 0.05) is 25.8 Å². The van der Waals surface area contributed by atoms with Gasteiger partial charge >= 0.3 is 0 Å². The van der Waals surface area contributed by atoms with Crippen LogP contribution in [0.3, 0.4) is 0 Å². The van der Waals surface area contributed by atoms with Crippen LogP contribution >= 0.6 is 0 Å². The highest BCUT2D eigenvalue weighted by atomic mass is 32.2. The number of imidazole rings is 1. The van der Waals surface area contributed by atoms with E-state index < -0.39 is 10.0 Å². The van der Waals surface area contributed by atoms with Crippen molar-refractivity contribution in [3.05, 3.63) is 78.8 Å². The first kappa shape index (κ1) is 21.8. The molecule has 0 saturated carbocycles. The number of benzene rings is 2. The molecule has 4 rings (SSSR count). The van der Waals surface area contributed by atoms with Gasteiger partial charge in [-0.05, 0) is 56.7 Å². The van der Waals surface area contributed by atoms with E-state index in [9.17, 15) is 8.42 Å². The predicted octanol–water partition coefficient (Wildman–Crippen LogP) is 4.46. The van der Waals surface area contributed by atoms with Crippen molar-refractivity contribution < 1.29 is 8.42 Å². The van der Waals surface area contributed by atoms with E-state index in [-0.39, 0.29) is 4.90 Å². The van der Waals surface area contributed by atoms with E-state index in [1.807, 2.05) is 50.2 Å². The zero-order chi connectivity index (χ0) is 22.6. The number of nitrogens with zero attached hydrogens (tertiary/aromatic N) is 4. The van der Waals surface area contributed by atoms with Gasteiger partial charge in [0.15, 0.2) is 0 Å². The topological polar surface area (TPSA) is 80.1 Å². The molecule has 0 atom stereocenters. The van der Waals surface area contributed by atoms with E-state index in [0.717, 1.165) is 36.4 Å². The summed E-state index contributed by atoms with van der Waals surface area (Å²) in [5, 5.41) is 3.27. The van der Waals surface area contributed by atoms with Gasteiger partial charge in [0.25, 0.3) is 10.0 Å². The maximum absolute atomic E-state index is 13.1. The summed E-state index contributed by atoms with van der Waals surface area (Å²) in [6, 6.07) is 20.5. The number of para-hydroxylation sites is 3. The fourth-order valence-electron chi connectivity index (χ4n) is 3.78. The molecule has 4 aromatic rings.